The quantitative estimate of drug-likeness (QED) is 0.849. The summed E-state index contributed by atoms with van der Waals surface area (Å²) in [5, 5.41) is 5.01. The summed E-state index contributed by atoms with van der Waals surface area (Å²) in [4.78, 5) is 12.1. The van der Waals surface area contributed by atoms with E-state index in [0.717, 1.165) is 36.9 Å². The zero-order chi connectivity index (χ0) is 14.2. The van der Waals surface area contributed by atoms with Crippen LogP contribution in [0.15, 0.2) is 0 Å². The Morgan fingerprint density at radius 2 is 2.16 bits per heavy atom. The Hall–Kier alpha value is -0.830. The largest absolute Gasteiger partial charge is 0.299 e. The molecule has 106 valence electrons. The predicted molar refractivity (Wildman–Crippen MR) is 77.3 cm³/mol. The SMILES string of the molecule is Cc1nn(C)c(Cl)c1CC1CC(C(C)C)CCC1=O. The highest BCUT2D eigenvalue weighted by molar-refractivity contribution is 6.30. The lowest BCUT2D eigenvalue weighted by molar-refractivity contribution is -0.125. The summed E-state index contributed by atoms with van der Waals surface area (Å²) in [6.45, 7) is 6.47. The number of carbonyl (C=O) groups is 1. The minimum atomic E-state index is 0.126. The molecule has 2 atom stereocenters. The van der Waals surface area contributed by atoms with Crippen LogP contribution < -0.4 is 0 Å². The molecule has 0 N–H and O–H groups in total. The number of halogens is 1. The molecule has 2 rings (SSSR count). The standard InChI is InChI=1S/C15H23ClN2O/c1-9(2)11-5-6-14(19)12(7-11)8-13-10(3)17-18(4)15(13)16/h9,11-12H,5-8H2,1-4H3. The molecule has 2 unspecified atom stereocenters. The van der Waals surface area contributed by atoms with E-state index in [2.05, 4.69) is 18.9 Å². The van der Waals surface area contributed by atoms with E-state index in [4.69, 9.17) is 11.6 Å². The molecule has 1 aliphatic carbocycles. The summed E-state index contributed by atoms with van der Waals surface area (Å²) in [7, 11) is 1.85. The highest BCUT2D eigenvalue weighted by Crippen LogP contribution is 2.35. The maximum atomic E-state index is 12.1. The number of Topliss-reactive ketones (excluding diaryl/α,β-unsaturated/α-hetero) is 1. The molecule has 1 saturated carbocycles. The maximum Gasteiger partial charge on any atom is 0.136 e. The summed E-state index contributed by atoms with van der Waals surface area (Å²) in [5.74, 6) is 1.84. The molecule has 0 spiro atoms. The van der Waals surface area contributed by atoms with Gasteiger partial charge in [-0.1, -0.05) is 25.4 Å². The summed E-state index contributed by atoms with van der Waals surface area (Å²) in [5.41, 5.74) is 2.00. The first-order valence-corrected chi connectivity index (χ1v) is 7.48. The van der Waals surface area contributed by atoms with E-state index in [1.807, 2.05) is 14.0 Å². The molecule has 1 fully saturated rings. The van der Waals surface area contributed by atoms with Crippen molar-refractivity contribution >= 4 is 17.4 Å². The second-order valence-corrected chi connectivity index (χ2v) is 6.48. The number of hydrogen-bond donors (Lipinski definition) is 0. The Morgan fingerprint density at radius 1 is 1.47 bits per heavy atom. The highest BCUT2D eigenvalue weighted by Gasteiger charge is 2.31. The van der Waals surface area contributed by atoms with Gasteiger partial charge in [-0.25, -0.2) is 0 Å². The molecule has 1 heterocycles. The van der Waals surface area contributed by atoms with E-state index >= 15 is 0 Å². The number of ketones is 1. The Balaban J connectivity index is 2.14. The molecule has 0 amide bonds. The number of hydrogen-bond acceptors (Lipinski definition) is 2. The first kappa shape index (κ1) is 14.6. The van der Waals surface area contributed by atoms with Crippen LogP contribution in [0, 0.1) is 24.7 Å². The van der Waals surface area contributed by atoms with Crippen molar-refractivity contribution < 1.29 is 4.79 Å². The van der Waals surface area contributed by atoms with Gasteiger partial charge in [-0.15, -0.1) is 0 Å². The van der Waals surface area contributed by atoms with E-state index in [1.165, 1.54) is 0 Å². The molecule has 1 aromatic heterocycles. The van der Waals surface area contributed by atoms with Gasteiger partial charge >= 0.3 is 0 Å². The van der Waals surface area contributed by atoms with Crippen LogP contribution in [-0.4, -0.2) is 15.6 Å². The molecule has 0 aliphatic heterocycles. The zero-order valence-corrected chi connectivity index (χ0v) is 13.0. The van der Waals surface area contributed by atoms with Crippen molar-refractivity contribution in [3.05, 3.63) is 16.4 Å². The zero-order valence-electron chi connectivity index (χ0n) is 12.2. The first-order chi connectivity index (χ1) is 8.90. The predicted octanol–water partition coefficient (Wildman–Crippen LogP) is 3.57. The second kappa shape index (κ2) is 5.66. The molecule has 0 saturated heterocycles. The molecule has 0 radical (unpaired) electrons. The third-order valence-electron chi connectivity index (χ3n) is 4.47. The fraction of sp³-hybridized carbons (Fsp3) is 0.733. The van der Waals surface area contributed by atoms with Crippen LogP contribution in [-0.2, 0) is 18.3 Å². The summed E-state index contributed by atoms with van der Waals surface area (Å²) in [6.07, 6.45) is 3.53. The lowest BCUT2D eigenvalue weighted by Crippen LogP contribution is -2.29. The van der Waals surface area contributed by atoms with Crippen LogP contribution in [0.3, 0.4) is 0 Å². The van der Waals surface area contributed by atoms with Crippen molar-refractivity contribution in [3.63, 3.8) is 0 Å². The summed E-state index contributed by atoms with van der Waals surface area (Å²) >= 11 is 6.27. The van der Waals surface area contributed by atoms with Gasteiger partial charge in [-0.05, 0) is 38.0 Å². The summed E-state index contributed by atoms with van der Waals surface area (Å²) < 4.78 is 1.69. The maximum absolute atomic E-state index is 12.1. The van der Waals surface area contributed by atoms with Crippen LogP contribution in [0.5, 0.6) is 0 Å². The molecule has 3 nitrogen and oxygen atoms in total. The topological polar surface area (TPSA) is 34.9 Å². The Morgan fingerprint density at radius 3 is 2.68 bits per heavy atom. The molecule has 4 heteroatoms. The molecule has 19 heavy (non-hydrogen) atoms. The number of carbonyl (C=O) groups excluding carboxylic acids is 1. The fourth-order valence-electron chi connectivity index (χ4n) is 3.10. The normalized spacial score (nSPS) is 24.2. The van der Waals surface area contributed by atoms with Crippen molar-refractivity contribution in [1.82, 2.24) is 9.78 Å². The van der Waals surface area contributed by atoms with Gasteiger partial charge < -0.3 is 0 Å². The number of nitrogens with zero attached hydrogens (tertiary/aromatic N) is 2. The Labute approximate surface area is 120 Å². The fourth-order valence-corrected chi connectivity index (χ4v) is 3.35. The van der Waals surface area contributed by atoms with Gasteiger partial charge in [0.1, 0.15) is 10.9 Å². The third kappa shape index (κ3) is 3.02. The number of aromatic nitrogens is 2. The first-order valence-electron chi connectivity index (χ1n) is 7.10. The van der Waals surface area contributed by atoms with E-state index < -0.39 is 0 Å². The van der Waals surface area contributed by atoms with Gasteiger partial charge in [0.2, 0.25) is 0 Å². The average molecular weight is 283 g/mol. The van der Waals surface area contributed by atoms with Crippen LogP contribution in [0.2, 0.25) is 5.15 Å². The van der Waals surface area contributed by atoms with E-state index in [1.54, 1.807) is 4.68 Å². The van der Waals surface area contributed by atoms with Crippen molar-refractivity contribution in [1.29, 1.82) is 0 Å². The molecular formula is C15H23ClN2O. The lowest BCUT2D eigenvalue weighted by atomic mass is 9.73. The lowest BCUT2D eigenvalue weighted by Gasteiger charge is -2.30. The van der Waals surface area contributed by atoms with Crippen molar-refractivity contribution in [2.45, 2.75) is 46.5 Å². The minimum absolute atomic E-state index is 0.126. The van der Waals surface area contributed by atoms with Crippen LogP contribution >= 0.6 is 11.6 Å². The van der Waals surface area contributed by atoms with Gasteiger partial charge in [0.25, 0.3) is 0 Å². The van der Waals surface area contributed by atoms with Crippen LogP contribution in [0.25, 0.3) is 0 Å². The third-order valence-corrected chi connectivity index (χ3v) is 4.94. The van der Waals surface area contributed by atoms with Crippen LogP contribution in [0.4, 0.5) is 0 Å². The monoisotopic (exact) mass is 282 g/mol. The van der Waals surface area contributed by atoms with Crippen molar-refractivity contribution in [2.24, 2.45) is 24.8 Å². The van der Waals surface area contributed by atoms with Crippen molar-refractivity contribution in [3.8, 4) is 0 Å². The second-order valence-electron chi connectivity index (χ2n) is 6.12. The Kier molecular flexibility index (Phi) is 4.34. The molecule has 1 aromatic rings. The van der Waals surface area contributed by atoms with E-state index in [-0.39, 0.29) is 5.92 Å². The highest BCUT2D eigenvalue weighted by atomic mass is 35.5. The number of aryl methyl sites for hydroxylation is 2. The molecular weight excluding hydrogens is 260 g/mol. The van der Waals surface area contributed by atoms with Gasteiger partial charge in [-0.3, -0.25) is 9.48 Å². The van der Waals surface area contributed by atoms with E-state index in [0.29, 0.717) is 22.8 Å². The van der Waals surface area contributed by atoms with Crippen LogP contribution in [0.1, 0.15) is 44.4 Å². The molecule has 0 bridgehead atoms. The van der Waals surface area contributed by atoms with Gasteiger partial charge in [0.15, 0.2) is 0 Å². The van der Waals surface area contributed by atoms with Gasteiger partial charge in [-0.2, -0.15) is 5.10 Å². The number of rotatable bonds is 3. The van der Waals surface area contributed by atoms with Gasteiger partial charge in [0, 0.05) is 24.9 Å². The average Bonchev–Trinajstić information content (AvgIpc) is 2.58. The Bertz CT molecular complexity index is 479. The smallest absolute Gasteiger partial charge is 0.136 e. The molecule has 1 aliphatic rings. The van der Waals surface area contributed by atoms with Gasteiger partial charge in [0.05, 0.1) is 5.69 Å². The van der Waals surface area contributed by atoms with Crippen molar-refractivity contribution in [2.75, 3.05) is 0 Å². The minimum Gasteiger partial charge on any atom is -0.299 e. The van der Waals surface area contributed by atoms with E-state index in [9.17, 15) is 4.79 Å². The molecule has 0 aromatic carbocycles. The summed E-state index contributed by atoms with van der Waals surface area (Å²) in [6, 6.07) is 0.